The zero-order valence-electron chi connectivity index (χ0n) is 12.6. The second-order valence-electron chi connectivity index (χ2n) is 4.68. The first kappa shape index (κ1) is 15.8. The predicted octanol–water partition coefficient (Wildman–Crippen LogP) is 3.39. The minimum absolute atomic E-state index is 0.182. The molecule has 0 amide bonds. The molecule has 1 aromatic carbocycles. The van der Waals surface area contributed by atoms with Crippen LogP contribution in [0.5, 0.6) is 0 Å². The number of fused-ring (bicyclic) bond motifs is 1. The van der Waals surface area contributed by atoms with E-state index in [-0.39, 0.29) is 12.3 Å². The van der Waals surface area contributed by atoms with Gasteiger partial charge in [0.2, 0.25) is 0 Å². The standard InChI is InChI=1S/C15H14ClN4O2P/c1-3-22-15(21)13-14(20(23-2)19-18-13)12-6-4-9-8-10(16)5-7-11(9)17-12/h4-8,23H,3H2,1-2H3. The number of aromatic nitrogens is 4. The number of carbonyl (C=O) groups is 1. The van der Waals surface area contributed by atoms with Crippen LogP contribution in [0, 0.1) is 0 Å². The van der Waals surface area contributed by atoms with E-state index < -0.39 is 5.97 Å². The predicted molar refractivity (Wildman–Crippen MR) is 91.4 cm³/mol. The SMILES string of the molecule is CCOC(=O)c1nnn(PC)c1-c1ccc2cc(Cl)ccc2n1. The van der Waals surface area contributed by atoms with Crippen LogP contribution in [0.4, 0.5) is 0 Å². The number of carbonyl (C=O) groups excluding carboxylic acids is 1. The van der Waals surface area contributed by atoms with E-state index >= 15 is 0 Å². The summed E-state index contributed by atoms with van der Waals surface area (Å²) in [6.45, 7) is 3.98. The van der Waals surface area contributed by atoms with Crippen molar-refractivity contribution in [2.75, 3.05) is 13.3 Å². The molecule has 118 valence electrons. The lowest BCUT2D eigenvalue weighted by molar-refractivity contribution is 0.0520. The van der Waals surface area contributed by atoms with Crippen LogP contribution in [0.2, 0.25) is 5.02 Å². The highest BCUT2D eigenvalue weighted by Gasteiger charge is 2.23. The van der Waals surface area contributed by atoms with Gasteiger partial charge in [0.25, 0.3) is 0 Å². The van der Waals surface area contributed by atoms with Gasteiger partial charge in [-0.15, -0.1) is 5.10 Å². The number of hydrogen-bond acceptors (Lipinski definition) is 5. The van der Waals surface area contributed by atoms with Crippen LogP contribution >= 0.6 is 20.3 Å². The van der Waals surface area contributed by atoms with Gasteiger partial charge >= 0.3 is 5.97 Å². The molecule has 1 atom stereocenters. The van der Waals surface area contributed by atoms with Gasteiger partial charge in [-0.2, -0.15) is 0 Å². The average molecular weight is 349 g/mol. The minimum Gasteiger partial charge on any atom is -0.461 e. The first-order valence-electron chi connectivity index (χ1n) is 7.01. The second-order valence-corrected chi connectivity index (χ2v) is 5.98. The molecule has 0 aliphatic carbocycles. The van der Waals surface area contributed by atoms with E-state index in [1.165, 1.54) is 0 Å². The maximum atomic E-state index is 12.1. The molecule has 0 saturated carbocycles. The van der Waals surface area contributed by atoms with Gasteiger partial charge in [0, 0.05) is 19.1 Å². The highest BCUT2D eigenvalue weighted by atomic mass is 35.5. The molecule has 0 saturated heterocycles. The lowest BCUT2D eigenvalue weighted by Crippen LogP contribution is -2.07. The van der Waals surface area contributed by atoms with Gasteiger partial charge in [-0.25, -0.2) is 14.2 Å². The molecule has 0 N–H and O–H groups in total. The first-order valence-corrected chi connectivity index (χ1v) is 8.83. The number of esters is 1. The summed E-state index contributed by atoms with van der Waals surface area (Å²) in [6, 6.07) is 9.21. The fourth-order valence-electron chi connectivity index (χ4n) is 2.23. The molecule has 0 bridgehead atoms. The average Bonchev–Trinajstić information content (AvgIpc) is 2.98. The van der Waals surface area contributed by atoms with Crippen molar-refractivity contribution in [3.8, 4) is 11.4 Å². The van der Waals surface area contributed by atoms with Crippen LogP contribution in [0.1, 0.15) is 17.4 Å². The zero-order chi connectivity index (χ0) is 16.4. The molecule has 8 heteroatoms. The van der Waals surface area contributed by atoms with Gasteiger partial charge in [0.1, 0.15) is 5.69 Å². The fraction of sp³-hybridized carbons (Fsp3) is 0.200. The third-order valence-electron chi connectivity index (χ3n) is 3.24. The van der Waals surface area contributed by atoms with Crippen LogP contribution in [0.25, 0.3) is 22.3 Å². The second kappa shape index (κ2) is 6.60. The van der Waals surface area contributed by atoms with E-state index in [2.05, 4.69) is 15.3 Å². The molecular weight excluding hydrogens is 335 g/mol. The summed E-state index contributed by atoms with van der Waals surface area (Å²) in [5, 5.41) is 9.57. The number of pyridine rings is 1. The lowest BCUT2D eigenvalue weighted by Gasteiger charge is -2.07. The number of benzene rings is 1. The highest BCUT2D eigenvalue weighted by molar-refractivity contribution is 7.35. The number of nitrogens with zero attached hydrogens (tertiary/aromatic N) is 4. The Kier molecular flexibility index (Phi) is 4.55. The van der Waals surface area contributed by atoms with Crippen molar-refractivity contribution in [2.45, 2.75) is 6.92 Å². The third kappa shape index (κ3) is 3.05. The van der Waals surface area contributed by atoms with Gasteiger partial charge in [0.15, 0.2) is 5.69 Å². The molecule has 0 radical (unpaired) electrons. The summed E-state index contributed by atoms with van der Waals surface area (Å²) in [7, 11) is 0.319. The smallest absolute Gasteiger partial charge is 0.361 e. The van der Waals surface area contributed by atoms with Gasteiger partial charge in [-0.1, -0.05) is 22.9 Å². The number of hydrogen-bond donors (Lipinski definition) is 0. The number of ether oxygens (including phenoxy) is 1. The minimum atomic E-state index is -0.495. The van der Waals surface area contributed by atoms with E-state index in [4.69, 9.17) is 16.3 Å². The molecule has 3 aromatic rings. The quantitative estimate of drug-likeness (QED) is 0.534. The van der Waals surface area contributed by atoms with Crippen LogP contribution in [0.3, 0.4) is 0 Å². The Labute approximate surface area is 139 Å². The number of halogens is 1. The van der Waals surface area contributed by atoms with Gasteiger partial charge < -0.3 is 4.74 Å². The maximum absolute atomic E-state index is 12.1. The Morgan fingerprint density at radius 3 is 2.91 bits per heavy atom. The molecule has 1 unspecified atom stereocenters. The molecule has 0 aliphatic rings. The Balaban J connectivity index is 2.15. The highest BCUT2D eigenvalue weighted by Crippen LogP contribution is 2.28. The summed E-state index contributed by atoms with van der Waals surface area (Å²) in [4.78, 5) is 16.7. The monoisotopic (exact) mass is 348 g/mol. The van der Waals surface area contributed by atoms with Crippen LogP contribution in [-0.2, 0) is 4.74 Å². The van der Waals surface area contributed by atoms with Crippen molar-refractivity contribution < 1.29 is 9.53 Å². The van der Waals surface area contributed by atoms with Crippen LogP contribution in [0.15, 0.2) is 30.3 Å². The van der Waals surface area contributed by atoms with E-state index in [1.54, 1.807) is 17.4 Å². The summed E-state index contributed by atoms with van der Waals surface area (Å²) >= 11 is 6.00. The Hall–Kier alpha value is -2.04. The molecule has 2 heterocycles. The molecular formula is C15H14ClN4O2P. The zero-order valence-corrected chi connectivity index (χ0v) is 14.3. The first-order chi connectivity index (χ1) is 11.1. The van der Waals surface area contributed by atoms with Crippen molar-refractivity contribution in [3.05, 3.63) is 41.0 Å². The molecule has 23 heavy (non-hydrogen) atoms. The summed E-state index contributed by atoms with van der Waals surface area (Å²) in [5.74, 6) is -0.495. The summed E-state index contributed by atoms with van der Waals surface area (Å²) in [5.41, 5.74) is 2.17. The Morgan fingerprint density at radius 2 is 2.17 bits per heavy atom. The van der Waals surface area contributed by atoms with Crippen molar-refractivity contribution in [2.24, 2.45) is 0 Å². The van der Waals surface area contributed by atoms with Crippen LogP contribution in [-0.4, -0.2) is 39.0 Å². The topological polar surface area (TPSA) is 69.9 Å². The molecule has 3 rings (SSSR count). The Bertz CT molecular complexity index is 881. The van der Waals surface area contributed by atoms with Crippen molar-refractivity contribution >= 4 is 37.2 Å². The summed E-state index contributed by atoms with van der Waals surface area (Å²) < 4.78 is 6.72. The molecule has 0 aliphatic heterocycles. The number of rotatable bonds is 4. The molecule has 0 fully saturated rings. The normalized spacial score (nSPS) is 11.4. The van der Waals surface area contributed by atoms with Crippen molar-refractivity contribution in [3.63, 3.8) is 0 Å². The van der Waals surface area contributed by atoms with Crippen LogP contribution < -0.4 is 0 Å². The van der Waals surface area contributed by atoms with Gasteiger partial charge in [-0.05, 0) is 37.9 Å². The van der Waals surface area contributed by atoms with E-state index in [1.807, 2.05) is 30.9 Å². The van der Waals surface area contributed by atoms with E-state index in [0.29, 0.717) is 25.1 Å². The molecule has 2 aromatic heterocycles. The Morgan fingerprint density at radius 1 is 1.35 bits per heavy atom. The van der Waals surface area contributed by atoms with E-state index in [9.17, 15) is 4.79 Å². The molecule has 6 nitrogen and oxygen atoms in total. The maximum Gasteiger partial charge on any atom is 0.361 e. The third-order valence-corrected chi connectivity index (χ3v) is 4.22. The summed E-state index contributed by atoms with van der Waals surface area (Å²) in [6.07, 6.45) is 0. The van der Waals surface area contributed by atoms with Crippen molar-refractivity contribution in [1.29, 1.82) is 0 Å². The fourth-order valence-corrected chi connectivity index (χ4v) is 2.99. The van der Waals surface area contributed by atoms with Gasteiger partial charge in [0.05, 0.1) is 17.8 Å². The van der Waals surface area contributed by atoms with Gasteiger partial charge in [-0.3, -0.25) is 0 Å². The molecule has 0 spiro atoms. The van der Waals surface area contributed by atoms with E-state index in [0.717, 1.165) is 10.9 Å². The van der Waals surface area contributed by atoms with Crippen molar-refractivity contribution in [1.82, 2.24) is 19.7 Å². The largest absolute Gasteiger partial charge is 0.461 e. The lowest BCUT2D eigenvalue weighted by atomic mass is 10.1.